The van der Waals surface area contributed by atoms with Gasteiger partial charge in [-0.05, 0) is 19.9 Å². The van der Waals surface area contributed by atoms with Gasteiger partial charge in [-0.1, -0.05) is 6.58 Å². The van der Waals surface area contributed by atoms with Crippen LogP contribution in [0.4, 0.5) is 13.2 Å². The normalized spacial score (nSPS) is 12.8. The first-order valence-corrected chi connectivity index (χ1v) is 3.01. The van der Waals surface area contributed by atoms with Gasteiger partial charge in [0.15, 0.2) is 0 Å². The van der Waals surface area contributed by atoms with Crippen molar-refractivity contribution in [2.75, 3.05) is 0 Å². The Balaban J connectivity index is 4.73. The fourth-order valence-electron chi connectivity index (χ4n) is 0.408. The lowest BCUT2D eigenvalue weighted by atomic mass is 9.87. The van der Waals surface area contributed by atoms with Crippen molar-refractivity contribution < 1.29 is 13.2 Å². The van der Waals surface area contributed by atoms with Gasteiger partial charge in [0, 0.05) is 5.71 Å². The zero-order valence-electron chi connectivity index (χ0n) is 6.42. The Bertz CT molecular complexity index is 179. The zero-order valence-corrected chi connectivity index (χ0v) is 6.42. The number of hydrogen-bond donors (Lipinski definition) is 1. The number of alkyl halides is 3. The first-order valence-electron chi connectivity index (χ1n) is 3.01. The summed E-state index contributed by atoms with van der Waals surface area (Å²) in [6.07, 6.45) is -3.47. The molecule has 0 atom stereocenters. The molecular formula is C7H10F3N. The van der Waals surface area contributed by atoms with Crippen molar-refractivity contribution >= 4 is 5.71 Å². The highest BCUT2D eigenvalue weighted by molar-refractivity contribution is 5.96. The summed E-state index contributed by atoms with van der Waals surface area (Å²) >= 11 is 0. The quantitative estimate of drug-likeness (QED) is 0.608. The number of rotatable bonds is 2. The van der Waals surface area contributed by atoms with Crippen molar-refractivity contribution in [1.29, 1.82) is 5.41 Å². The molecule has 0 bridgehead atoms. The van der Waals surface area contributed by atoms with Crippen LogP contribution in [0.25, 0.3) is 0 Å². The van der Waals surface area contributed by atoms with Gasteiger partial charge in [-0.2, -0.15) is 13.2 Å². The van der Waals surface area contributed by atoms with Gasteiger partial charge in [0.05, 0.1) is 0 Å². The molecule has 0 aliphatic carbocycles. The Labute approximate surface area is 63.4 Å². The number of nitrogens with one attached hydrogen (secondary N) is 1. The molecule has 0 spiro atoms. The van der Waals surface area contributed by atoms with Crippen LogP contribution in [-0.2, 0) is 0 Å². The lowest BCUT2D eigenvalue weighted by molar-refractivity contribution is -0.185. The second-order valence-electron chi connectivity index (χ2n) is 2.74. The zero-order chi connectivity index (χ0) is 9.28. The van der Waals surface area contributed by atoms with Crippen LogP contribution < -0.4 is 0 Å². The molecule has 0 amide bonds. The van der Waals surface area contributed by atoms with Crippen LogP contribution in [0.1, 0.15) is 13.8 Å². The highest BCUT2D eigenvalue weighted by atomic mass is 19.4. The molecule has 64 valence electrons. The van der Waals surface area contributed by atoms with Crippen LogP contribution in [-0.4, -0.2) is 11.9 Å². The molecule has 0 saturated heterocycles. The summed E-state index contributed by atoms with van der Waals surface area (Å²) in [6, 6.07) is 0. The minimum Gasteiger partial charge on any atom is -0.304 e. The Kier molecular flexibility index (Phi) is 2.48. The molecule has 1 N–H and O–H groups in total. The Morgan fingerprint density at radius 3 is 1.82 bits per heavy atom. The van der Waals surface area contributed by atoms with Crippen molar-refractivity contribution in [1.82, 2.24) is 0 Å². The van der Waals surface area contributed by atoms with Gasteiger partial charge >= 0.3 is 6.18 Å². The van der Waals surface area contributed by atoms with E-state index in [0.717, 1.165) is 19.9 Å². The maximum atomic E-state index is 12.1. The lowest BCUT2D eigenvalue weighted by Crippen LogP contribution is -2.38. The predicted molar refractivity (Wildman–Crippen MR) is 37.8 cm³/mol. The fraction of sp³-hybridized carbons (Fsp3) is 0.571. The van der Waals surface area contributed by atoms with E-state index in [1.165, 1.54) is 0 Å². The average Bonchev–Trinajstić information content (AvgIpc) is 1.83. The van der Waals surface area contributed by atoms with Crippen molar-refractivity contribution in [3.8, 4) is 0 Å². The molecule has 0 rings (SSSR count). The summed E-state index contributed by atoms with van der Waals surface area (Å²) in [4.78, 5) is 0. The van der Waals surface area contributed by atoms with E-state index >= 15 is 0 Å². The van der Waals surface area contributed by atoms with E-state index in [2.05, 4.69) is 6.58 Å². The van der Waals surface area contributed by atoms with Crippen LogP contribution >= 0.6 is 0 Å². The number of hydrogen-bond acceptors (Lipinski definition) is 1. The largest absolute Gasteiger partial charge is 0.399 e. The van der Waals surface area contributed by atoms with Crippen molar-refractivity contribution in [3.63, 3.8) is 0 Å². The SMILES string of the molecule is C=CC(=N)C(C)(C)C(F)(F)F. The smallest absolute Gasteiger partial charge is 0.304 e. The topological polar surface area (TPSA) is 23.9 Å². The van der Waals surface area contributed by atoms with Gasteiger partial charge in [-0.3, -0.25) is 0 Å². The molecular weight excluding hydrogens is 155 g/mol. The maximum Gasteiger partial charge on any atom is 0.399 e. The average molecular weight is 165 g/mol. The standard InChI is InChI=1S/C7H10F3N/c1-4-5(11)6(2,3)7(8,9)10/h4,11H,1H2,2-3H3. The van der Waals surface area contributed by atoms with E-state index in [9.17, 15) is 13.2 Å². The monoisotopic (exact) mass is 165 g/mol. The molecule has 0 heterocycles. The second-order valence-corrected chi connectivity index (χ2v) is 2.74. The molecule has 11 heavy (non-hydrogen) atoms. The van der Waals surface area contributed by atoms with Crippen molar-refractivity contribution in [2.24, 2.45) is 5.41 Å². The molecule has 0 aliphatic heterocycles. The molecule has 0 fully saturated rings. The van der Waals surface area contributed by atoms with E-state index in [-0.39, 0.29) is 0 Å². The molecule has 0 unspecified atom stereocenters. The van der Waals surface area contributed by atoms with Crippen molar-refractivity contribution in [3.05, 3.63) is 12.7 Å². The predicted octanol–water partition coefficient (Wildman–Crippen LogP) is 2.78. The summed E-state index contributed by atoms with van der Waals surface area (Å²) in [5.74, 6) is 0. The Hall–Kier alpha value is -0.800. The molecule has 0 saturated carbocycles. The van der Waals surface area contributed by atoms with Crippen LogP contribution in [0.2, 0.25) is 0 Å². The molecule has 1 nitrogen and oxygen atoms in total. The molecule has 0 aromatic carbocycles. The minimum absolute atomic E-state index is 0.509. The van der Waals surface area contributed by atoms with Crippen molar-refractivity contribution in [2.45, 2.75) is 20.0 Å². The van der Waals surface area contributed by atoms with Crippen LogP contribution in [0.3, 0.4) is 0 Å². The molecule has 0 radical (unpaired) electrons. The summed E-state index contributed by atoms with van der Waals surface area (Å²) < 4.78 is 36.2. The number of allylic oxidation sites excluding steroid dienone is 1. The Morgan fingerprint density at radius 1 is 1.36 bits per heavy atom. The van der Waals surface area contributed by atoms with Crippen LogP contribution in [0.5, 0.6) is 0 Å². The van der Waals surface area contributed by atoms with E-state index < -0.39 is 17.3 Å². The molecule has 0 aromatic heterocycles. The van der Waals surface area contributed by atoms with Crippen LogP contribution in [0.15, 0.2) is 12.7 Å². The van der Waals surface area contributed by atoms with Gasteiger partial charge in [0.1, 0.15) is 5.41 Å². The second kappa shape index (κ2) is 2.68. The third-order valence-corrected chi connectivity index (χ3v) is 1.59. The maximum absolute atomic E-state index is 12.1. The highest BCUT2D eigenvalue weighted by Crippen LogP contribution is 2.38. The number of halogens is 3. The van der Waals surface area contributed by atoms with Gasteiger partial charge in [0.25, 0.3) is 0 Å². The minimum atomic E-state index is -4.38. The first-order chi connectivity index (χ1) is 4.73. The van der Waals surface area contributed by atoms with Crippen LogP contribution in [0, 0.1) is 10.8 Å². The molecule has 4 heteroatoms. The fourth-order valence-corrected chi connectivity index (χ4v) is 0.408. The van der Waals surface area contributed by atoms with Gasteiger partial charge in [0.2, 0.25) is 0 Å². The van der Waals surface area contributed by atoms with Gasteiger partial charge in [-0.15, -0.1) is 0 Å². The third-order valence-electron chi connectivity index (χ3n) is 1.59. The summed E-state index contributed by atoms with van der Waals surface area (Å²) in [5.41, 5.74) is -2.60. The van der Waals surface area contributed by atoms with E-state index in [1.54, 1.807) is 0 Å². The first kappa shape index (κ1) is 10.2. The lowest BCUT2D eigenvalue weighted by Gasteiger charge is -2.26. The van der Waals surface area contributed by atoms with Gasteiger partial charge < -0.3 is 5.41 Å². The molecule has 0 aromatic rings. The summed E-state index contributed by atoms with van der Waals surface area (Å²) in [5, 5.41) is 6.96. The Morgan fingerprint density at radius 2 is 1.73 bits per heavy atom. The van der Waals surface area contributed by atoms with E-state index in [1.807, 2.05) is 0 Å². The van der Waals surface area contributed by atoms with E-state index in [0.29, 0.717) is 0 Å². The molecule has 0 aliphatic rings. The summed E-state index contributed by atoms with van der Waals surface area (Å²) in [7, 11) is 0. The summed E-state index contributed by atoms with van der Waals surface area (Å²) in [6.45, 7) is 5.03. The highest BCUT2D eigenvalue weighted by Gasteiger charge is 2.49. The van der Waals surface area contributed by atoms with E-state index in [4.69, 9.17) is 5.41 Å². The third kappa shape index (κ3) is 1.82. The van der Waals surface area contributed by atoms with Gasteiger partial charge in [-0.25, -0.2) is 0 Å².